The largest absolute Gasteiger partial charge is 0.496 e. The molecule has 0 heterocycles. The average Bonchev–Trinajstić information content (AvgIpc) is 2.43. The van der Waals surface area contributed by atoms with Gasteiger partial charge in [0, 0.05) is 16.7 Å². The number of hydrogen-bond donors (Lipinski definition) is 1. The lowest BCUT2D eigenvalue weighted by Crippen LogP contribution is -2.04. The summed E-state index contributed by atoms with van der Waals surface area (Å²) in [6, 6.07) is 8.01. The van der Waals surface area contributed by atoms with E-state index in [1.54, 1.807) is 18.2 Å². The molecule has 20 heavy (non-hydrogen) atoms. The van der Waals surface area contributed by atoms with Gasteiger partial charge in [-0.15, -0.1) is 0 Å². The monoisotopic (exact) mass is 358 g/mol. The van der Waals surface area contributed by atoms with Crippen molar-refractivity contribution in [3.63, 3.8) is 0 Å². The Bertz CT molecular complexity index is 646. The quantitative estimate of drug-likeness (QED) is 0.865. The van der Waals surface area contributed by atoms with Gasteiger partial charge in [0.2, 0.25) is 0 Å². The Morgan fingerprint density at radius 2 is 2.00 bits per heavy atom. The number of aryl methyl sites for hydroxylation is 1. The van der Waals surface area contributed by atoms with E-state index in [9.17, 15) is 9.50 Å². The number of hydrogen-bond acceptors (Lipinski definition) is 2. The van der Waals surface area contributed by atoms with Gasteiger partial charge in [0.05, 0.1) is 11.6 Å². The summed E-state index contributed by atoms with van der Waals surface area (Å²) in [4.78, 5) is 0. The summed E-state index contributed by atoms with van der Waals surface area (Å²) in [7, 11) is 1.44. The smallest absolute Gasteiger partial charge is 0.141 e. The van der Waals surface area contributed by atoms with Crippen molar-refractivity contribution in [3.8, 4) is 5.75 Å². The van der Waals surface area contributed by atoms with Crippen molar-refractivity contribution >= 4 is 27.5 Å². The minimum Gasteiger partial charge on any atom is -0.496 e. The van der Waals surface area contributed by atoms with Crippen molar-refractivity contribution < 1.29 is 14.2 Å². The summed E-state index contributed by atoms with van der Waals surface area (Å²) in [5.74, 6) is -0.143. The minimum atomic E-state index is -0.919. The van der Waals surface area contributed by atoms with Crippen LogP contribution in [0.2, 0.25) is 5.02 Å². The molecule has 0 radical (unpaired) electrons. The standard InChI is InChI=1S/C15H13BrClFO2/c1-8-5-9(3-4-12(8)17)15(19)10-6-11(16)13(18)7-14(10)20-2/h3-7,15,19H,1-2H3. The normalized spacial score (nSPS) is 12.3. The van der Waals surface area contributed by atoms with Crippen LogP contribution in [0.25, 0.3) is 0 Å². The van der Waals surface area contributed by atoms with Crippen molar-refractivity contribution in [2.24, 2.45) is 0 Å². The van der Waals surface area contributed by atoms with Crippen molar-refractivity contribution in [1.29, 1.82) is 0 Å². The van der Waals surface area contributed by atoms with Gasteiger partial charge in [-0.2, -0.15) is 0 Å². The molecule has 0 aliphatic heterocycles. The first-order chi connectivity index (χ1) is 9.43. The highest BCUT2D eigenvalue weighted by atomic mass is 79.9. The maximum absolute atomic E-state index is 13.5. The molecule has 0 bridgehead atoms. The van der Waals surface area contributed by atoms with E-state index < -0.39 is 11.9 Å². The van der Waals surface area contributed by atoms with Crippen LogP contribution in [0.4, 0.5) is 4.39 Å². The van der Waals surface area contributed by atoms with Crippen LogP contribution in [-0.2, 0) is 0 Å². The molecule has 0 aliphatic carbocycles. The van der Waals surface area contributed by atoms with Crippen molar-refractivity contribution in [1.82, 2.24) is 0 Å². The number of benzene rings is 2. The predicted octanol–water partition coefficient (Wildman–Crippen LogP) is 4.64. The maximum atomic E-state index is 13.5. The molecule has 0 spiro atoms. The predicted molar refractivity (Wildman–Crippen MR) is 80.9 cm³/mol. The van der Waals surface area contributed by atoms with Crippen molar-refractivity contribution in [2.45, 2.75) is 13.0 Å². The number of rotatable bonds is 3. The van der Waals surface area contributed by atoms with Gasteiger partial charge in [0.15, 0.2) is 0 Å². The third-order valence-corrected chi connectivity index (χ3v) is 4.10. The highest BCUT2D eigenvalue weighted by molar-refractivity contribution is 9.10. The Morgan fingerprint density at radius 3 is 2.60 bits per heavy atom. The number of methoxy groups -OCH3 is 1. The molecule has 0 fully saturated rings. The molecule has 0 aliphatic rings. The van der Waals surface area contributed by atoms with Gasteiger partial charge in [-0.1, -0.05) is 23.7 Å². The zero-order chi connectivity index (χ0) is 14.9. The second-order valence-electron chi connectivity index (χ2n) is 4.42. The Morgan fingerprint density at radius 1 is 1.30 bits per heavy atom. The zero-order valence-electron chi connectivity index (χ0n) is 11.0. The molecule has 5 heteroatoms. The number of aliphatic hydroxyl groups excluding tert-OH is 1. The van der Waals surface area contributed by atoms with Gasteiger partial charge < -0.3 is 9.84 Å². The van der Waals surface area contributed by atoms with Gasteiger partial charge in [-0.05, 0) is 46.1 Å². The third kappa shape index (κ3) is 2.97. The van der Waals surface area contributed by atoms with Gasteiger partial charge >= 0.3 is 0 Å². The molecule has 0 saturated heterocycles. The first kappa shape index (κ1) is 15.3. The average molecular weight is 360 g/mol. The first-order valence-corrected chi connectivity index (χ1v) is 7.08. The zero-order valence-corrected chi connectivity index (χ0v) is 13.3. The molecule has 2 nitrogen and oxygen atoms in total. The van der Waals surface area contributed by atoms with Crippen LogP contribution < -0.4 is 4.74 Å². The van der Waals surface area contributed by atoms with E-state index in [2.05, 4.69) is 15.9 Å². The fraction of sp³-hybridized carbons (Fsp3) is 0.200. The van der Waals surface area contributed by atoms with Crippen molar-refractivity contribution in [3.05, 3.63) is 62.3 Å². The van der Waals surface area contributed by atoms with Gasteiger partial charge in [0.1, 0.15) is 17.7 Å². The molecule has 1 atom stereocenters. The fourth-order valence-corrected chi connectivity index (χ4v) is 2.43. The lowest BCUT2D eigenvalue weighted by Gasteiger charge is -2.17. The molecule has 0 saturated carbocycles. The topological polar surface area (TPSA) is 29.5 Å². The Labute approximate surface area is 130 Å². The minimum absolute atomic E-state index is 0.276. The van der Waals surface area contributed by atoms with E-state index in [1.807, 2.05) is 6.92 Å². The molecular weight excluding hydrogens is 347 g/mol. The van der Waals surface area contributed by atoms with E-state index in [4.69, 9.17) is 16.3 Å². The second-order valence-corrected chi connectivity index (χ2v) is 5.68. The molecule has 106 valence electrons. The van der Waals surface area contributed by atoms with Crippen LogP contribution in [0.5, 0.6) is 5.75 Å². The van der Waals surface area contributed by atoms with E-state index >= 15 is 0 Å². The van der Waals surface area contributed by atoms with Gasteiger partial charge in [-0.25, -0.2) is 4.39 Å². The molecule has 0 aromatic heterocycles. The summed E-state index contributed by atoms with van der Waals surface area (Å²) >= 11 is 9.09. The van der Waals surface area contributed by atoms with Crippen LogP contribution in [0.15, 0.2) is 34.8 Å². The van der Waals surface area contributed by atoms with Crippen LogP contribution >= 0.6 is 27.5 Å². The van der Waals surface area contributed by atoms with E-state index in [1.165, 1.54) is 19.2 Å². The van der Waals surface area contributed by atoms with Crippen LogP contribution in [0.1, 0.15) is 22.8 Å². The number of halogens is 3. The third-order valence-electron chi connectivity index (χ3n) is 3.06. The Kier molecular flexibility index (Phi) is 4.68. The Hall–Kier alpha value is -1.10. The number of aliphatic hydroxyl groups is 1. The molecule has 1 N–H and O–H groups in total. The van der Waals surface area contributed by atoms with Gasteiger partial charge in [-0.3, -0.25) is 0 Å². The summed E-state index contributed by atoms with van der Waals surface area (Å²) in [5, 5.41) is 11.1. The first-order valence-electron chi connectivity index (χ1n) is 5.91. The van der Waals surface area contributed by atoms with Crippen molar-refractivity contribution in [2.75, 3.05) is 7.11 Å². The number of ether oxygens (including phenoxy) is 1. The molecule has 1 unspecified atom stereocenters. The van der Waals surface area contributed by atoms with E-state index in [0.29, 0.717) is 21.9 Å². The molecular formula is C15H13BrClFO2. The summed E-state index contributed by atoms with van der Waals surface area (Å²) in [6.07, 6.45) is -0.919. The lowest BCUT2D eigenvalue weighted by atomic mass is 9.99. The lowest BCUT2D eigenvalue weighted by molar-refractivity contribution is 0.214. The summed E-state index contributed by atoms with van der Waals surface area (Å²) in [6.45, 7) is 1.86. The van der Waals surface area contributed by atoms with E-state index in [-0.39, 0.29) is 4.47 Å². The fourth-order valence-electron chi connectivity index (χ4n) is 1.95. The van der Waals surface area contributed by atoms with Crippen LogP contribution in [0, 0.1) is 12.7 Å². The van der Waals surface area contributed by atoms with Gasteiger partial charge in [0.25, 0.3) is 0 Å². The highest BCUT2D eigenvalue weighted by Gasteiger charge is 2.18. The molecule has 0 amide bonds. The summed E-state index contributed by atoms with van der Waals surface area (Å²) < 4.78 is 18.9. The molecule has 2 rings (SSSR count). The van der Waals surface area contributed by atoms with Crippen LogP contribution in [-0.4, -0.2) is 12.2 Å². The maximum Gasteiger partial charge on any atom is 0.141 e. The highest BCUT2D eigenvalue weighted by Crippen LogP contribution is 2.34. The van der Waals surface area contributed by atoms with E-state index in [0.717, 1.165) is 5.56 Å². The molecule has 2 aromatic carbocycles. The summed E-state index contributed by atoms with van der Waals surface area (Å²) in [5.41, 5.74) is 2.02. The second kappa shape index (κ2) is 6.12. The molecule has 2 aromatic rings. The van der Waals surface area contributed by atoms with Crippen LogP contribution in [0.3, 0.4) is 0 Å². The SMILES string of the molecule is COc1cc(F)c(Br)cc1C(O)c1ccc(Cl)c(C)c1. The Balaban J connectivity index is 2.49.